The van der Waals surface area contributed by atoms with Crippen LogP contribution in [0.15, 0.2) is 34.9 Å². The Morgan fingerprint density at radius 2 is 0.886 bits per heavy atom. The molecule has 14 heteroatoms. The number of halogens is 3. The summed E-state index contributed by atoms with van der Waals surface area (Å²) < 4.78 is 27.4. The van der Waals surface area contributed by atoms with Crippen molar-refractivity contribution in [1.82, 2.24) is 0 Å². The zero-order valence-electron chi connectivity index (χ0n) is 19.5. The van der Waals surface area contributed by atoms with Crippen molar-refractivity contribution in [3.63, 3.8) is 0 Å². The highest BCUT2D eigenvalue weighted by molar-refractivity contribution is 7.50. The molecule has 0 aliphatic rings. The van der Waals surface area contributed by atoms with Gasteiger partial charge in [-0.2, -0.15) is 4.57 Å². The highest BCUT2D eigenvalue weighted by Gasteiger charge is 2.40. The van der Waals surface area contributed by atoms with Crippen molar-refractivity contribution in [1.29, 1.82) is 0 Å². The molecule has 0 rings (SSSR count). The molecule has 0 saturated heterocycles. The Bertz CT molecular complexity index is 762. The van der Waals surface area contributed by atoms with Crippen LogP contribution in [0.4, 0.5) is 0 Å². The van der Waals surface area contributed by atoms with Crippen LogP contribution in [-0.2, 0) is 32.5 Å². The molecule has 0 radical (unpaired) electrons. The lowest BCUT2D eigenvalue weighted by molar-refractivity contribution is -0.139. The average Bonchev–Trinajstić information content (AvgIpc) is 2.82. The van der Waals surface area contributed by atoms with Crippen molar-refractivity contribution in [3.8, 4) is 0 Å². The first-order valence-corrected chi connectivity index (χ1v) is 13.4. The quantitative estimate of drug-likeness (QED) is 0.149. The Balaban J connectivity index is 5.77. The van der Waals surface area contributed by atoms with Crippen LogP contribution >= 0.6 is 42.6 Å². The van der Waals surface area contributed by atoms with Gasteiger partial charge in [-0.15, -0.1) is 34.8 Å². The number of phosphoric acid groups is 1. The summed E-state index contributed by atoms with van der Waals surface area (Å²) in [4.78, 5) is 37.2. The van der Waals surface area contributed by atoms with Crippen molar-refractivity contribution >= 4 is 60.5 Å². The predicted molar refractivity (Wildman–Crippen MR) is 131 cm³/mol. The first-order valence-electron chi connectivity index (χ1n) is 10.3. The maximum absolute atomic E-state index is 13.1. The van der Waals surface area contributed by atoms with E-state index in [-0.39, 0.29) is 53.6 Å². The molecule has 35 heavy (non-hydrogen) atoms. The van der Waals surface area contributed by atoms with Crippen LogP contribution in [-0.4, -0.2) is 69.2 Å². The Hall–Kier alpha value is -1.39. The predicted octanol–water partition coefficient (Wildman–Crippen LogP) is 3.53. The number of hydrogen-bond donors (Lipinski definition) is 3. The fourth-order valence-electron chi connectivity index (χ4n) is 1.95. The van der Waals surface area contributed by atoms with Crippen molar-refractivity contribution in [2.45, 2.75) is 58.3 Å². The van der Waals surface area contributed by atoms with Crippen molar-refractivity contribution in [2.75, 3.05) is 17.6 Å². The summed E-state index contributed by atoms with van der Waals surface area (Å²) in [6.07, 6.45) is 0.831. The maximum Gasteiger partial charge on any atom is 0.654 e. The smallest absolute Gasteiger partial charge is 0.392 e. The lowest BCUT2D eigenvalue weighted by Crippen LogP contribution is -2.16. The van der Waals surface area contributed by atoms with Gasteiger partial charge in [0, 0.05) is 34.4 Å². The molecule has 0 amide bonds. The van der Waals surface area contributed by atoms with Gasteiger partial charge in [-0.25, -0.2) is 14.4 Å². The standard InChI is InChI=1S/C21H30Cl3O10P/c1-13(4-7-16(25)10-22)19(28)32-35(31,33-20(29)14(2)5-8-17(26)11-23)34-21(30)15(3)6-9-18(27)12-24/h4-6,16-18,25-27H,7-12H2,1-3H3/b13-4+,14-5+,15-6+. The first-order chi connectivity index (χ1) is 16.3. The summed E-state index contributed by atoms with van der Waals surface area (Å²) >= 11 is 16.5. The van der Waals surface area contributed by atoms with Crippen LogP contribution in [0.2, 0.25) is 0 Å². The number of aliphatic hydroxyl groups is 3. The SMILES string of the molecule is C/C(=C\CC(O)CCl)C(=O)OP(=O)(OC(=O)/C(C)=C/CC(O)CCl)OC(=O)/C(C)=C/CC(O)CCl. The van der Waals surface area contributed by atoms with Crippen LogP contribution < -0.4 is 0 Å². The Morgan fingerprint density at radius 3 is 1.09 bits per heavy atom. The largest absolute Gasteiger partial charge is 0.654 e. The molecule has 200 valence electrons. The Labute approximate surface area is 219 Å². The van der Waals surface area contributed by atoms with E-state index >= 15 is 0 Å². The molecule has 3 atom stereocenters. The van der Waals surface area contributed by atoms with Gasteiger partial charge in [0.05, 0.1) is 18.3 Å². The van der Waals surface area contributed by atoms with Crippen molar-refractivity contribution < 1.29 is 47.8 Å². The number of carbonyl (C=O) groups is 3. The van der Waals surface area contributed by atoms with E-state index in [9.17, 15) is 34.3 Å². The first kappa shape index (κ1) is 33.6. The van der Waals surface area contributed by atoms with Gasteiger partial charge in [0.1, 0.15) is 0 Å². The van der Waals surface area contributed by atoms with Crippen LogP contribution in [0.1, 0.15) is 40.0 Å². The molecule has 3 unspecified atom stereocenters. The minimum absolute atomic E-state index is 0.0240. The minimum atomic E-state index is -5.15. The van der Waals surface area contributed by atoms with E-state index in [2.05, 4.69) is 0 Å². The lowest BCUT2D eigenvalue weighted by Gasteiger charge is -2.17. The third kappa shape index (κ3) is 14.1. The van der Waals surface area contributed by atoms with Gasteiger partial charge in [-0.05, 0) is 40.0 Å². The van der Waals surface area contributed by atoms with E-state index in [0.29, 0.717) is 0 Å². The van der Waals surface area contributed by atoms with Crippen LogP contribution in [0, 0.1) is 0 Å². The Kier molecular flexibility index (Phi) is 16.5. The van der Waals surface area contributed by atoms with Gasteiger partial charge in [0.25, 0.3) is 0 Å². The van der Waals surface area contributed by atoms with Crippen LogP contribution in [0.3, 0.4) is 0 Å². The second-order valence-corrected chi connectivity index (χ2v) is 9.74. The van der Waals surface area contributed by atoms with Gasteiger partial charge >= 0.3 is 25.7 Å². The molecular weight excluding hydrogens is 550 g/mol. The molecule has 0 saturated carbocycles. The normalized spacial score (nSPS) is 17.1. The Morgan fingerprint density at radius 1 is 0.657 bits per heavy atom. The molecule has 0 aliphatic carbocycles. The van der Waals surface area contributed by atoms with Gasteiger partial charge in [-0.3, -0.25) is 0 Å². The number of hydrogen-bond acceptors (Lipinski definition) is 10. The van der Waals surface area contributed by atoms with Crippen molar-refractivity contribution in [3.05, 3.63) is 34.9 Å². The molecule has 0 spiro atoms. The third-order valence-electron chi connectivity index (χ3n) is 4.17. The molecule has 0 aromatic heterocycles. The van der Waals surface area contributed by atoms with Gasteiger partial charge < -0.3 is 28.9 Å². The molecule has 0 aromatic carbocycles. The number of aliphatic hydroxyl groups excluding tert-OH is 3. The third-order valence-corrected chi connectivity index (χ3v) is 6.41. The van der Waals surface area contributed by atoms with Crippen LogP contribution in [0.25, 0.3) is 0 Å². The summed E-state index contributed by atoms with van der Waals surface area (Å²) in [5.41, 5.74) is -0.385. The summed E-state index contributed by atoms with van der Waals surface area (Å²) in [5, 5.41) is 28.5. The lowest BCUT2D eigenvalue weighted by atomic mass is 10.2. The van der Waals surface area contributed by atoms with Crippen molar-refractivity contribution in [2.24, 2.45) is 0 Å². The summed E-state index contributed by atoms with van der Waals surface area (Å²) in [5.74, 6) is -4.01. The molecule has 10 nitrogen and oxygen atoms in total. The highest BCUT2D eigenvalue weighted by Crippen LogP contribution is 2.51. The fraction of sp³-hybridized carbons (Fsp3) is 0.571. The zero-order valence-corrected chi connectivity index (χ0v) is 22.6. The van der Waals surface area contributed by atoms with E-state index in [1.807, 2.05) is 0 Å². The van der Waals surface area contributed by atoms with E-state index < -0.39 is 44.0 Å². The van der Waals surface area contributed by atoms with Gasteiger partial charge in [0.15, 0.2) is 0 Å². The van der Waals surface area contributed by atoms with E-state index in [1.54, 1.807) is 0 Å². The van der Waals surface area contributed by atoms with Crippen LogP contribution in [0.5, 0.6) is 0 Å². The van der Waals surface area contributed by atoms with Gasteiger partial charge in [-0.1, -0.05) is 18.2 Å². The van der Waals surface area contributed by atoms with Gasteiger partial charge in [0.2, 0.25) is 0 Å². The van der Waals surface area contributed by atoms with E-state index in [4.69, 9.17) is 48.4 Å². The summed E-state index contributed by atoms with van der Waals surface area (Å²) in [6.45, 7) is 3.82. The molecule has 0 fully saturated rings. The van der Waals surface area contributed by atoms with E-state index in [0.717, 1.165) is 0 Å². The number of alkyl halides is 3. The topological polar surface area (TPSA) is 157 Å². The molecule has 0 aromatic rings. The minimum Gasteiger partial charge on any atom is -0.392 e. The maximum atomic E-state index is 13.1. The summed E-state index contributed by atoms with van der Waals surface area (Å²) in [6, 6.07) is 0. The molecule has 0 heterocycles. The zero-order chi connectivity index (χ0) is 27.2. The van der Waals surface area contributed by atoms with E-state index in [1.165, 1.54) is 39.0 Å². The average molecular weight is 580 g/mol. The summed E-state index contributed by atoms with van der Waals surface area (Å²) in [7, 11) is -5.15. The number of rotatable bonds is 15. The molecule has 0 bridgehead atoms. The molecule has 0 aliphatic heterocycles. The second-order valence-electron chi connectivity index (χ2n) is 7.38. The number of carbonyl (C=O) groups excluding carboxylic acids is 3. The molecular formula is C21H30Cl3O10P. The monoisotopic (exact) mass is 578 g/mol. The fourth-order valence-corrected chi connectivity index (χ4v) is 3.48. The highest BCUT2D eigenvalue weighted by atomic mass is 35.5. The number of phosphoric ester groups is 1. The molecule has 3 N–H and O–H groups in total. The second kappa shape index (κ2) is 17.1.